The molecule has 0 aromatic carbocycles. The van der Waals surface area contributed by atoms with Gasteiger partial charge in [0.05, 0.1) is 30.4 Å². The summed E-state index contributed by atoms with van der Waals surface area (Å²) in [6, 6.07) is 3.85. The average molecular weight is 331 g/mol. The number of aliphatic hydroxyl groups excluding tert-OH is 1. The lowest BCUT2D eigenvalue weighted by atomic mass is 9.82. The summed E-state index contributed by atoms with van der Waals surface area (Å²) in [4.78, 5) is 8.58. The van der Waals surface area contributed by atoms with Gasteiger partial charge in [-0.1, -0.05) is 0 Å². The van der Waals surface area contributed by atoms with Gasteiger partial charge in [-0.25, -0.2) is 4.98 Å². The Labute approximate surface area is 141 Å². The van der Waals surface area contributed by atoms with Gasteiger partial charge in [-0.05, 0) is 44.1 Å². The molecule has 0 bridgehead atoms. The average Bonchev–Trinajstić information content (AvgIpc) is 2.59. The van der Waals surface area contributed by atoms with Crippen LogP contribution < -0.4 is 10.5 Å². The molecular weight excluding hydrogens is 306 g/mol. The Kier molecular flexibility index (Phi) is 5.16. The number of rotatable bonds is 5. The molecule has 6 nitrogen and oxygen atoms in total. The van der Waals surface area contributed by atoms with Crippen LogP contribution in [0.15, 0.2) is 18.3 Å². The minimum Gasteiger partial charge on any atom is -0.506 e. The van der Waals surface area contributed by atoms with Crippen LogP contribution in [0.2, 0.25) is 0 Å². The SMILES string of the molecule is COc1ccc2ncc(O)c(CC(O)CC3CCC(N)CC3)c2n1. The second-order valence-corrected chi connectivity index (χ2v) is 6.72. The lowest BCUT2D eigenvalue weighted by Crippen LogP contribution is -2.28. The van der Waals surface area contributed by atoms with Crippen LogP contribution in [0.25, 0.3) is 11.0 Å². The highest BCUT2D eigenvalue weighted by Crippen LogP contribution is 2.31. The predicted octanol–water partition coefficient (Wildman–Crippen LogP) is 2.16. The number of aliphatic hydroxyl groups is 1. The Morgan fingerprint density at radius 3 is 2.75 bits per heavy atom. The van der Waals surface area contributed by atoms with E-state index in [9.17, 15) is 10.2 Å². The van der Waals surface area contributed by atoms with E-state index < -0.39 is 6.10 Å². The Balaban J connectivity index is 1.77. The van der Waals surface area contributed by atoms with Gasteiger partial charge in [0.1, 0.15) is 5.75 Å². The van der Waals surface area contributed by atoms with Crippen LogP contribution in [0, 0.1) is 5.92 Å². The van der Waals surface area contributed by atoms with Gasteiger partial charge in [-0.3, -0.25) is 4.98 Å². The van der Waals surface area contributed by atoms with E-state index in [1.54, 1.807) is 19.2 Å². The predicted molar refractivity (Wildman–Crippen MR) is 92.0 cm³/mol. The van der Waals surface area contributed by atoms with E-state index in [4.69, 9.17) is 10.5 Å². The van der Waals surface area contributed by atoms with E-state index in [1.165, 1.54) is 6.20 Å². The smallest absolute Gasteiger partial charge is 0.213 e. The molecule has 0 spiro atoms. The lowest BCUT2D eigenvalue weighted by molar-refractivity contribution is 0.127. The number of methoxy groups -OCH3 is 1. The Bertz CT molecular complexity index is 699. The number of nitrogens with zero attached hydrogens (tertiary/aromatic N) is 2. The maximum Gasteiger partial charge on any atom is 0.213 e. The van der Waals surface area contributed by atoms with Crippen molar-refractivity contribution in [2.75, 3.05) is 7.11 Å². The first-order chi connectivity index (χ1) is 11.6. The molecule has 1 unspecified atom stereocenters. The molecule has 1 fully saturated rings. The van der Waals surface area contributed by atoms with Crippen LogP contribution in [0.5, 0.6) is 11.6 Å². The fourth-order valence-corrected chi connectivity index (χ4v) is 3.53. The van der Waals surface area contributed by atoms with Crippen LogP contribution >= 0.6 is 0 Å². The van der Waals surface area contributed by atoms with Gasteiger partial charge >= 0.3 is 0 Å². The largest absolute Gasteiger partial charge is 0.506 e. The van der Waals surface area contributed by atoms with Crippen molar-refractivity contribution in [2.24, 2.45) is 11.7 Å². The summed E-state index contributed by atoms with van der Waals surface area (Å²) in [5, 5.41) is 20.7. The zero-order chi connectivity index (χ0) is 17.1. The van der Waals surface area contributed by atoms with Crippen molar-refractivity contribution in [2.45, 2.75) is 50.7 Å². The zero-order valence-corrected chi connectivity index (χ0v) is 14.0. The summed E-state index contributed by atoms with van der Waals surface area (Å²) in [5.74, 6) is 1.03. The van der Waals surface area contributed by atoms with Gasteiger partial charge in [0.25, 0.3) is 0 Å². The third-order valence-electron chi connectivity index (χ3n) is 4.92. The molecule has 24 heavy (non-hydrogen) atoms. The van der Waals surface area contributed by atoms with Crippen LogP contribution in [-0.2, 0) is 6.42 Å². The van der Waals surface area contributed by atoms with Gasteiger partial charge in [-0.2, -0.15) is 0 Å². The number of hydrogen-bond acceptors (Lipinski definition) is 6. The molecule has 0 amide bonds. The van der Waals surface area contributed by atoms with E-state index in [2.05, 4.69) is 9.97 Å². The summed E-state index contributed by atoms with van der Waals surface area (Å²) in [7, 11) is 1.55. The first kappa shape index (κ1) is 16.9. The highest BCUT2D eigenvalue weighted by molar-refractivity contribution is 5.80. The Morgan fingerprint density at radius 2 is 2.04 bits per heavy atom. The topological polar surface area (TPSA) is 101 Å². The molecule has 0 radical (unpaired) electrons. The zero-order valence-electron chi connectivity index (χ0n) is 14.0. The standard InChI is InChI=1S/C18H25N3O3/c1-24-17-7-6-15-18(21-17)14(16(23)10-20-15)9-13(22)8-11-2-4-12(19)5-3-11/h6-7,10-13,22-23H,2-5,8-9,19H2,1H3. The maximum atomic E-state index is 10.5. The summed E-state index contributed by atoms with van der Waals surface area (Å²) in [6.07, 6.45) is 6.15. The third kappa shape index (κ3) is 3.76. The lowest BCUT2D eigenvalue weighted by Gasteiger charge is -2.27. The van der Waals surface area contributed by atoms with Crippen molar-refractivity contribution in [3.05, 3.63) is 23.9 Å². The van der Waals surface area contributed by atoms with Crippen LogP contribution in [0.4, 0.5) is 0 Å². The number of aromatic nitrogens is 2. The molecule has 1 aliphatic carbocycles. The van der Waals surface area contributed by atoms with Gasteiger partial charge in [0.15, 0.2) is 0 Å². The summed E-state index contributed by atoms with van der Waals surface area (Å²) < 4.78 is 5.16. The summed E-state index contributed by atoms with van der Waals surface area (Å²) in [5.41, 5.74) is 7.82. The number of pyridine rings is 2. The molecule has 3 rings (SSSR count). The monoisotopic (exact) mass is 331 g/mol. The summed E-state index contributed by atoms with van der Waals surface area (Å²) in [6.45, 7) is 0. The minimum atomic E-state index is -0.520. The van der Waals surface area contributed by atoms with Gasteiger partial charge in [0, 0.05) is 24.1 Å². The van der Waals surface area contributed by atoms with Crippen molar-refractivity contribution >= 4 is 11.0 Å². The fraction of sp³-hybridized carbons (Fsp3) is 0.556. The van der Waals surface area contributed by atoms with Crippen molar-refractivity contribution in [1.29, 1.82) is 0 Å². The number of fused-ring (bicyclic) bond motifs is 1. The van der Waals surface area contributed by atoms with Crippen molar-refractivity contribution in [3.8, 4) is 11.6 Å². The highest BCUT2D eigenvalue weighted by atomic mass is 16.5. The molecule has 2 heterocycles. The molecule has 1 atom stereocenters. The second kappa shape index (κ2) is 7.32. The quantitative estimate of drug-likeness (QED) is 0.776. The molecule has 2 aromatic rings. The van der Waals surface area contributed by atoms with E-state index >= 15 is 0 Å². The molecule has 6 heteroatoms. The highest BCUT2D eigenvalue weighted by Gasteiger charge is 2.23. The molecule has 130 valence electrons. The molecular formula is C18H25N3O3. The molecule has 1 saturated carbocycles. The molecule has 4 N–H and O–H groups in total. The fourth-order valence-electron chi connectivity index (χ4n) is 3.53. The number of aromatic hydroxyl groups is 1. The molecule has 0 saturated heterocycles. The van der Waals surface area contributed by atoms with Crippen LogP contribution in [0.1, 0.15) is 37.7 Å². The van der Waals surface area contributed by atoms with Crippen LogP contribution in [0.3, 0.4) is 0 Å². The van der Waals surface area contributed by atoms with Gasteiger partial charge in [-0.15, -0.1) is 0 Å². The summed E-state index contributed by atoms with van der Waals surface area (Å²) >= 11 is 0. The molecule has 2 aromatic heterocycles. The van der Waals surface area contributed by atoms with Gasteiger partial charge < -0.3 is 20.7 Å². The van der Waals surface area contributed by atoms with Crippen molar-refractivity contribution in [1.82, 2.24) is 9.97 Å². The Morgan fingerprint density at radius 1 is 1.29 bits per heavy atom. The first-order valence-electron chi connectivity index (χ1n) is 8.52. The number of hydrogen-bond donors (Lipinski definition) is 3. The van der Waals surface area contributed by atoms with E-state index in [-0.39, 0.29) is 5.75 Å². The first-order valence-corrected chi connectivity index (χ1v) is 8.52. The van der Waals surface area contributed by atoms with Crippen LogP contribution in [-0.4, -0.2) is 39.4 Å². The van der Waals surface area contributed by atoms with Gasteiger partial charge in [0.2, 0.25) is 5.88 Å². The minimum absolute atomic E-state index is 0.0629. The van der Waals surface area contributed by atoms with E-state index in [1.807, 2.05) is 0 Å². The second-order valence-electron chi connectivity index (χ2n) is 6.72. The van der Waals surface area contributed by atoms with E-state index in [0.717, 1.165) is 32.1 Å². The molecule has 0 aliphatic heterocycles. The normalized spacial score (nSPS) is 22.5. The van der Waals surface area contributed by atoms with Crippen molar-refractivity contribution < 1.29 is 14.9 Å². The number of ether oxygens (including phenoxy) is 1. The number of nitrogens with two attached hydrogens (primary N) is 1. The Hall–Kier alpha value is -1.92. The van der Waals surface area contributed by atoms with Crippen molar-refractivity contribution in [3.63, 3.8) is 0 Å². The molecule has 1 aliphatic rings. The van der Waals surface area contributed by atoms with E-state index in [0.29, 0.717) is 40.9 Å². The maximum absolute atomic E-state index is 10.5. The third-order valence-corrected chi connectivity index (χ3v) is 4.92.